The molecule has 1 heterocycles. The Morgan fingerprint density at radius 2 is 2.08 bits per heavy atom. The Bertz CT molecular complexity index is 695. The number of para-hydroxylation sites is 1. The Labute approximate surface area is 141 Å². The molecule has 0 saturated carbocycles. The van der Waals surface area contributed by atoms with Crippen LogP contribution in [0.15, 0.2) is 28.8 Å². The molecular weight excluding hydrogens is 308 g/mol. The lowest BCUT2D eigenvalue weighted by atomic mass is 9.87. The number of aryl methyl sites for hydroxylation is 1. The van der Waals surface area contributed by atoms with Crippen LogP contribution in [0.3, 0.4) is 0 Å². The lowest BCUT2D eigenvalue weighted by Gasteiger charge is -2.26. The molecule has 2 rings (SSSR count). The first-order valence-corrected chi connectivity index (χ1v) is 7.89. The second kappa shape index (κ2) is 7.44. The van der Waals surface area contributed by atoms with E-state index in [0.717, 1.165) is 0 Å². The van der Waals surface area contributed by atoms with Crippen LogP contribution in [0, 0.1) is 12.3 Å². The van der Waals surface area contributed by atoms with E-state index in [-0.39, 0.29) is 11.4 Å². The number of rotatable bonds is 6. The molecule has 0 aliphatic carbocycles. The van der Waals surface area contributed by atoms with Crippen LogP contribution in [0.5, 0.6) is 0 Å². The van der Waals surface area contributed by atoms with E-state index in [4.69, 9.17) is 4.52 Å². The molecule has 2 amide bonds. The summed E-state index contributed by atoms with van der Waals surface area (Å²) in [6.45, 7) is 7.90. The summed E-state index contributed by atoms with van der Waals surface area (Å²) in [5.74, 6) is 0.891. The highest BCUT2D eigenvalue weighted by molar-refractivity contribution is 5.93. The van der Waals surface area contributed by atoms with Crippen molar-refractivity contribution in [2.24, 2.45) is 5.41 Å². The number of hydrogen-bond donors (Lipinski definition) is 3. The van der Waals surface area contributed by atoms with Crippen LogP contribution >= 0.6 is 0 Å². The van der Waals surface area contributed by atoms with Gasteiger partial charge in [-0.25, -0.2) is 4.79 Å². The number of carbonyl (C=O) groups excluding carboxylic acids is 1. The first kappa shape index (κ1) is 17.9. The fourth-order valence-electron chi connectivity index (χ4n) is 2.55. The fraction of sp³-hybridized carbons (Fsp3) is 0.471. The molecular formula is C17H24N4O3. The van der Waals surface area contributed by atoms with Gasteiger partial charge in [-0.1, -0.05) is 31.1 Å². The number of amides is 2. The van der Waals surface area contributed by atoms with Crippen LogP contribution < -0.4 is 10.6 Å². The van der Waals surface area contributed by atoms with Crippen molar-refractivity contribution in [1.29, 1.82) is 0 Å². The monoisotopic (exact) mass is 332 g/mol. The predicted molar refractivity (Wildman–Crippen MR) is 91.6 cm³/mol. The van der Waals surface area contributed by atoms with Crippen molar-refractivity contribution in [3.63, 3.8) is 0 Å². The molecule has 0 spiro atoms. The van der Waals surface area contributed by atoms with Crippen molar-refractivity contribution in [2.45, 2.75) is 40.2 Å². The molecule has 0 saturated heterocycles. The summed E-state index contributed by atoms with van der Waals surface area (Å²) in [7, 11) is 0. The summed E-state index contributed by atoms with van der Waals surface area (Å²) in [5.41, 5.74) is 1.09. The summed E-state index contributed by atoms with van der Waals surface area (Å²) in [6, 6.07) is 6.94. The van der Waals surface area contributed by atoms with E-state index in [9.17, 15) is 9.90 Å². The van der Waals surface area contributed by atoms with Gasteiger partial charge in [-0.3, -0.25) is 0 Å². The summed E-state index contributed by atoms with van der Waals surface area (Å²) >= 11 is 0. The van der Waals surface area contributed by atoms with Gasteiger partial charge in [0.15, 0.2) is 0 Å². The maximum Gasteiger partial charge on any atom is 0.319 e. The highest BCUT2D eigenvalue weighted by Crippen LogP contribution is 2.25. The average Bonchev–Trinajstić information content (AvgIpc) is 2.91. The molecule has 0 aliphatic rings. The lowest BCUT2D eigenvalue weighted by molar-refractivity contribution is 0.129. The smallest absolute Gasteiger partial charge is 0.319 e. The number of anilines is 1. The summed E-state index contributed by atoms with van der Waals surface area (Å²) < 4.78 is 4.99. The molecule has 0 radical (unpaired) electrons. The maximum atomic E-state index is 12.2. The van der Waals surface area contributed by atoms with E-state index in [1.165, 1.54) is 0 Å². The molecule has 7 nitrogen and oxygen atoms in total. The Balaban J connectivity index is 2.02. The van der Waals surface area contributed by atoms with E-state index in [2.05, 4.69) is 20.8 Å². The topological polar surface area (TPSA) is 100 Å². The molecule has 3 N–H and O–H groups in total. The van der Waals surface area contributed by atoms with Crippen LogP contribution in [0.2, 0.25) is 0 Å². The van der Waals surface area contributed by atoms with Crippen molar-refractivity contribution in [2.75, 3.05) is 11.9 Å². The molecule has 0 fully saturated rings. The summed E-state index contributed by atoms with van der Waals surface area (Å²) in [6.07, 6.45) is 0.193. The van der Waals surface area contributed by atoms with Gasteiger partial charge in [-0.2, -0.15) is 4.98 Å². The highest BCUT2D eigenvalue weighted by Gasteiger charge is 2.21. The molecule has 0 aliphatic heterocycles. The molecule has 24 heavy (non-hydrogen) atoms. The van der Waals surface area contributed by atoms with Crippen LogP contribution in [0.1, 0.15) is 33.1 Å². The van der Waals surface area contributed by atoms with Crippen LogP contribution in [0.25, 0.3) is 11.4 Å². The van der Waals surface area contributed by atoms with E-state index in [1.54, 1.807) is 19.9 Å². The third-order valence-electron chi connectivity index (χ3n) is 3.52. The van der Waals surface area contributed by atoms with Crippen molar-refractivity contribution in [3.8, 4) is 11.4 Å². The Hall–Kier alpha value is -2.41. The SMILES string of the molecule is Cc1nc(-c2ccccc2NC(=O)NCC(C)(C)C[C@@H](C)O)no1. The van der Waals surface area contributed by atoms with Crippen LogP contribution in [0.4, 0.5) is 10.5 Å². The Morgan fingerprint density at radius 3 is 2.71 bits per heavy atom. The normalized spacial score (nSPS) is 12.7. The fourth-order valence-corrected chi connectivity index (χ4v) is 2.55. The number of hydrogen-bond acceptors (Lipinski definition) is 5. The molecule has 0 bridgehead atoms. The predicted octanol–water partition coefficient (Wildman–Crippen LogP) is 2.96. The first-order valence-electron chi connectivity index (χ1n) is 7.89. The van der Waals surface area contributed by atoms with E-state index < -0.39 is 6.10 Å². The number of aliphatic hydroxyl groups is 1. The molecule has 130 valence electrons. The molecule has 7 heteroatoms. The summed E-state index contributed by atoms with van der Waals surface area (Å²) in [4.78, 5) is 16.4. The number of nitrogens with zero attached hydrogens (tertiary/aromatic N) is 2. The Morgan fingerprint density at radius 1 is 1.38 bits per heavy atom. The second-order valence-corrected chi connectivity index (χ2v) is 6.71. The number of aromatic nitrogens is 2. The van der Waals surface area contributed by atoms with Crippen molar-refractivity contribution >= 4 is 11.7 Å². The van der Waals surface area contributed by atoms with Gasteiger partial charge in [0.05, 0.1) is 11.8 Å². The summed E-state index contributed by atoms with van der Waals surface area (Å²) in [5, 5.41) is 19.0. The van der Waals surface area contributed by atoms with E-state index in [1.807, 2.05) is 32.0 Å². The highest BCUT2D eigenvalue weighted by atomic mass is 16.5. The van der Waals surface area contributed by atoms with Gasteiger partial charge in [-0.15, -0.1) is 0 Å². The quantitative estimate of drug-likeness (QED) is 0.755. The van der Waals surface area contributed by atoms with Gasteiger partial charge in [0.2, 0.25) is 11.7 Å². The minimum Gasteiger partial charge on any atom is -0.393 e. The second-order valence-electron chi connectivity index (χ2n) is 6.71. The number of nitrogens with one attached hydrogen (secondary N) is 2. The average molecular weight is 332 g/mol. The maximum absolute atomic E-state index is 12.2. The molecule has 0 unspecified atom stereocenters. The van der Waals surface area contributed by atoms with Gasteiger partial charge >= 0.3 is 6.03 Å². The molecule has 1 aromatic heterocycles. The lowest BCUT2D eigenvalue weighted by Crippen LogP contribution is -2.38. The number of urea groups is 1. The number of benzene rings is 1. The number of aliphatic hydroxyl groups excluding tert-OH is 1. The van der Waals surface area contributed by atoms with Gasteiger partial charge in [-0.05, 0) is 30.9 Å². The third-order valence-corrected chi connectivity index (χ3v) is 3.52. The Kier molecular flexibility index (Phi) is 5.56. The van der Waals surface area contributed by atoms with Crippen molar-refractivity contribution in [1.82, 2.24) is 15.5 Å². The zero-order valence-corrected chi connectivity index (χ0v) is 14.5. The van der Waals surface area contributed by atoms with Gasteiger partial charge < -0.3 is 20.3 Å². The third kappa shape index (κ3) is 5.06. The van der Waals surface area contributed by atoms with Crippen molar-refractivity contribution in [3.05, 3.63) is 30.2 Å². The molecule has 1 atom stereocenters. The van der Waals surface area contributed by atoms with Gasteiger partial charge in [0, 0.05) is 19.0 Å². The van der Waals surface area contributed by atoms with E-state index in [0.29, 0.717) is 35.9 Å². The zero-order valence-electron chi connectivity index (χ0n) is 14.5. The minimum absolute atomic E-state index is 0.199. The van der Waals surface area contributed by atoms with Gasteiger partial charge in [0.1, 0.15) is 0 Å². The van der Waals surface area contributed by atoms with Crippen molar-refractivity contribution < 1.29 is 14.4 Å². The zero-order chi connectivity index (χ0) is 17.7. The van der Waals surface area contributed by atoms with Gasteiger partial charge in [0.25, 0.3) is 0 Å². The minimum atomic E-state index is -0.410. The van der Waals surface area contributed by atoms with Crippen LogP contribution in [-0.2, 0) is 0 Å². The molecule has 1 aromatic carbocycles. The largest absolute Gasteiger partial charge is 0.393 e. The first-order chi connectivity index (χ1) is 11.3. The van der Waals surface area contributed by atoms with Crippen LogP contribution in [-0.4, -0.2) is 33.9 Å². The van der Waals surface area contributed by atoms with E-state index >= 15 is 0 Å². The standard InChI is InChI=1S/C17H24N4O3/c1-11(22)9-17(3,4)10-18-16(23)20-14-8-6-5-7-13(14)15-19-12(2)24-21-15/h5-8,11,22H,9-10H2,1-4H3,(H2,18,20,23)/t11-/m1/s1. The number of carbonyl (C=O) groups is 1. The molecule has 2 aromatic rings.